The number of amides is 2. The van der Waals surface area contributed by atoms with Crippen LogP contribution in [0.5, 0.6) is 0 Å². The van der Waals surface area contributed by atoms with Gasteiger partial charge in [0.15, 0.2) is 0 Å². The Morgan fingerprint density at radius 1 is 0.963 bits per heavy atom. The summed E-state index contributed by atoms with van der Waals surface area (Å²) in [5, 5.41) is 9.49. The van der Waals surface area contributed by atoms with Crippen molar-refractivity contribution in [3.63, 3.8) is 0 Å². The summed E-state index contributed by atoms with van der Waals surface area (Å²) in [4.78, 5) is 24.1. The van der Waals surface area contributed by atoms with Gasteiger partial charge in [-0.05, 0) is 49.6 Å². The van der Waals surface area contributed by atoms with Crippen LogP contribution in [0.3, 0.4) is 0 Å². The zero-order valence-electron chi connectivity index (χ0n) is 15.5. The van der Waals surface area contributed by atoms with Crippen LogP contribution in [0, 0.1) is 13.8 Å². The van der Waals surface area contributed by atoms with E-state index in [0.717, 1.165) is 22.4 Å². The van der Waals surface area contributed by atoms with E-state index >= 15 is 0 Å². The van der Waals surface area contributed by atoms with Gasteiger partial charge in [0.1, 0.15) is 0 Å². The number of hydrogen-bond donors (Lipinski definition) is 3. The maximum Gasteiger partial charge on any atom is 0.243 e. The van der Waals surface area contributed by atoms with Crippen LogP contribution in [0.15, 0.2) is 36.4 Å². The first-order valence-electron chi connectivity index (χ1n) is 8.59. The molecule has 2 aromatic rings. The smallest absolute Gasteiger partial charge is 0.243 e. The molecule has 0 aliphatic heterocycles. The summed E-state index contributed by atoms with van der Waals surface area (Å²) in [6.07, 6.45) is 0. The lowest BCUT2D eigenvalue weighted by atomic mass is 10.1. The summed E-state index contributed by atoms with van der Waals surface area (Å²) >= 11 is 11.9. The SMILES string of the molecule is Cc1cccc(C)c1NC(=O)CNC(=O)CN[C@@H](C)c1ccc(Cl)c(Cl)c1. The summed E-state index contributed by atoms with van der Waals surface area (Å²) in [6, 6.07) is 11.0. The van der Waals surface area contributed by atoms with Crippen molar-refractivity contribution in [2.45, 2.75) is 26.8 Å². The number of hydrogen-bond acceptors (Lipinski definition) is 3. The molecule has 0 spiro atoms. The molecule has 0 bridgehead atoms. The molecule has 0 aliphatic carbocycles. The first-order valence-corrected chi connectivity index (χ1v) is 9.34. The van der Waals surface area contributed by atoms with E-state index in [-0.39, 0.29) is 30.9 Å². The minimum atomic E-state index is -0.265. The summed E-state index contributed by atoms with van der Waals surface area (Å²) in [5.74, 6) is -0.531. The van der Waals surface area contributed by atoms with Crippen molar-refractivity contribution in [1.82, 2.24) is 10.6 Å². The molecular formula is C20H23Cl2N3O2. The molecule has 0 aromatic heterocycles. The highest BCUT2D eigenvalue weighted by Gasteiger charge is 2.11. The highest BCUT2D eigenvalue weighted by Crippen LogP contribution is 2.25. The molecule has 2 aromatic carbocycles. The number of para-hydroxylation sites is 1. The number of aryl methyl sites for hydroxylation is 2. The molecule has 0 aliphatic rings. The Morgan fingerprint density at radius 3 is 2.26 bits per heavy atom. The Hall–Kier alpha value is -2.08. The third-order valence-electron chi connectivity index (χ3n) is 4.20. The van der Waals surface area contributed by atoms with E-state index in [4.69, 9.17) is 23.2 Å². The Balaban J connectivity index is 1.78. The third kappa shape index (κ3) is 6.24. The van der Waals surface area contributed by atoms with Crippen molar-refractivity contribution in [3.8, 4) is 0 Å². The van der Waals surface area contributed by atoms with E-state index in [2.05, 4.69) is 16.0 Å². The number of halogens is 2. The van der Waals surface area contributed by atoms with Crippen molar-refractivity contribution in [2.75, 3.05) is 18.4 Å². The summed E-state index contributed by atoms with van der Waals surface area (Å²) in [7, 11) is 0. The van der Waals surface area contributed by atoms with E-state index < -0.39 is 0 Å². The van der Waals surface area contributed by atoms with Crippen LogP contribution in [0.25, 0.3) is 0 Å². The molecule has 3 N–H and O–H groups in total. The molecule has 144 valence electrons. The van der Waals surface area contributed by atoms with Crippen molar-refractivity contribution in [2.24, 2.45) is 0 Å². The van der Waals surface area contributed by atoms with Gasteiger partial charge in [-0.25, -0.2) is 0 Å². The van der Waals surface area contributed by atoms with Crippen molar-refractivity contribution in [1.29, 1.82) is 0 Å². The maximum absolute atomic E-state index is 12.1. The second kappa shape index (κ2) is 9.74. The van der Waals surface area contributed by atoms with Gasteiger partial charge in [-0.2, -0.15) is 0 Å². The minimum absolute atomic E-state index is 0.0814. The van der Waals surface area contributed by atoms with Crippen LogP contribution in [0.2, 0.25) is 10.0 Å². The molecule has 1 atom stereocenters. The van der Waals surface area contributed by atoms with Crippen molar-refractivity contribution < 1.29 is 9.59 Å². The fourth-order valence-electron chi connectivity index (χ4n) is 2.58. The molecule has 0 heterocycles. The monoisotopic (exact) mass is 407 g/mol. The van der Waals surface area contributed by atoms with Crippen LogP contribution in [-0.4, -0.2) is 24.9 Å². The van der Waals surface area contributed by atoms with Crippen LogP contribution < -0.4 is 16.0 Å². The lowest BCUT2D eigenvalue weighted by molar-refractivity contribution is -0.123. The lowest BCUT2D eigenvalue weighted by Crippen LogP contribution is -2.39. The molecule has 0 fully saturated rings. The van der Waals surface area contributed by atoms with Crippen molar-refractivity contribution in [3.05, 3.63) is 63.1 Å². The van der Waals surface area contributed by atoms with Gasteiger partial charge in [-0.15, -0.1) is 0 Å². The minimum Gasteiger partial charge on any atom is -0.346 e. The van der Waals surface area contributed by atoms with Gasteiger partial charge in [-0.3, -0.25) is 9.59 Å². The quantitative estimate of drug-likeness (QED) is 0.648. The maximum atomic E-state index is 12.1. The molecule has 0 radical (unpaired) electrons. The molecule has 0 saturated carbocycles. The van der Waals surface area contributed by atoms with Gasteiger partial charge in [0.25, 0.3) is 0 Å². The second-order valence-electron chi connectivity index (χ2n) is 6.37. The van der Waals surface area contributed by atoms with Gasteiger partial charge in [0, 0.05) is 11.7 Å². The third-order valence-corrected chi connectivity index (χ3v) is 4.94. The van der Waals surface area contributed by atoms with E-state index in [0.29, 0.717) is 10.0 Å². The average molecular weight is 408 g/mol. The molecule has 0 saturated heterocycles. The predicted octanol–water partition coefficient (Wildman–Crippen LogP) is 4.02. The standard InChI is InChI=1S/C20H23Cl2N3O2/c1-12-5-4-6-13(2)20(12)25-19(27)11-24-18(26)10-23-14(3)15-7-8-16(21)17(22)9-15/h4-9,14,23H,10-11H2,1-3H3,(H,24,26)(H,25,27)/t14-/m0/s1. The van der Waals surface area contributed by atoms with Crippen LogP contribution in [-0.2, 0) is 9.59 Å². The summed E-state index contributed by atoms with van der Waals surface area (Å²) in [6.45, 7) is 5.76. The number of benzene rings is 2. The van der Waals surface area contributed by atoms with E-state index in [1.54, 1.807) is 12.1 Å². The Labute approximate surface area is 169 Å². The zero-order chi connectivity index (χ0) is 20.0. The molecule has 7 heteroatoms. The van der Waals surface area contributed by atoms with Gasteiger partial charge in [0.05, 0.1) is 23.1 Å². The Bertz CT molecular complexity index is 820. The van der Waals surface area contributed by atoms with Gasteiger partial charge < -0.3 is 16.0 Å². The van der Waals surface area contributed by atoms with E-state index in [1.807, 2.05) is 45.0 Å². The van der Waals surface area contributed by atoms with Gasteiger partial charge in [0.2, 0.25) is 11.8 Å². The molecule has 27 heavy (non-hydrogen) atoms. The van der Waals surface area contributed by atoms with E-state index in [9.17, 15) is 9.59 Å². The largest absolute Gasteiger partial charge is 0.346 e. The van der Waals surface area contributed by atoms with Crippen LogP contribution >= 0.6 is 23.2 Å². The number of carbonyl (C=O) groups is 2. The molecule has 5 nitrogen and oxygen atoms in total. The fraction of sp³-hybridized carbons (Fsp3) is 0.300. The number of carbonyl (C=O) groups excluding carboxylic acids is 2. The summed E-state index contributed by atoms with van der Waals surface area (Å²) < 4.78 is 0. The van der Waals surface area contributed by atoms with Crippen molar-refractivity contribution >= 4 is 40.7 Å². The molecule has 0 unspecified atom stereocenters. The lowest BCUT2D eigenvalue weighted by Gasteiger charge is -2.15. The number of anilines is 1. The molecule has 2 amide bonds. The Morgan fingerprint density at radius 2 is 1.63 bits per heavy atom. The van der Waals surface area contributed by atoms with Gasteiger partial charge in [-0.1, -0.05) is 47.5 Å². The molecule has 2 rings (SSSR count). The topological polar surface area (TPSA) is 70.2 Å². The Kier molecular flexibility index (Phi) is 7.66. The molecular weight excluding hydrogens is 385 g/mol. The highest BCUT2D eigenvalue weighted by molar-refractivity contribution is 6.42. The van der Waals surface area contributed by atoms with E-state index in [1.165, 1.54) is 0 Å². The first-order chi connectivity index (χ1) is 12.8. The predicted molar refractivity (Wildman–Crippen MR) is 110 cm³/mol. The highest BCUT2D eigenvalue weighted by atomic mass is 35.5. The van der Waals surface area contributed by atoms with Crippen LogP contribution in [0.4, 0.5) is 5.69 Å². The van der Waals surface area contributed by atoms with Gasteiger partial charge >= 0.3 is 0 Å². The second-order valence-corrected chi connectivity index (χ2v) is 7.18. The normalized spacial score (nSPS) is 11.7. The average Bonchev–Trinajstić information content (AvgIpc) is 2.63. The van der Waals surface area contributed by atoms with Crippen LogP contribution in [0.1, 0.15) is 29.7 Å². The number of nitrogens with one attached hydrogen (secondary N) is 3. The first kappa shape index (κ1) is 21.2. The zero-order valence-corrected chi connectivity index (χ0v) is 17.0. The summed E-state index contributed by atoms with van der Waals surface area (Å²) in [5.41, 5.74) is 3.66. The number of rotatable bonds is 7. The fourth-order valence-corrected chi connectivity index (χ4v) is 2.89.